The van der Waals surface area contributed by atoms with Gasteiger partial charge in [-0.05, 0) is 66.8 Å². The molecule has 2 aromatic rings. The summed E-state index contributed by atoms with van der Waals surface area (Å²) in [5, 5.41) is 4.64. The number of methoxy groups -OCH3 is 1. The number of thioether (sulfide) groups is 1. The van der Waals surface area contributed by atoms with Crippen molar-refractivity contribution in [2.24, 2.45) is 10.5 Å². The summed E-state index contributed by atoms with van der Waals surface area (Å²) in [6, 6.07) is 7.07. The summed E-state index contributed by atoms with van der Waals surface area (Å²) in [6.45, 7) is 1.74. The fraction of sp³-hybridized carbons (Fsp3) is 0.423. The third-order valence-corrected chi connectivity index (χ3v) is 8.20. The van der Waals surface area contributed by atoms with Crippen LogP contribution in [0.1, 0.15) is 36.5 Å². The van der Waals surface area contributed by atoms with E-state index in [1.165, 1.54) is 17.1 Å². The second kappa shape index (κ2) is 13.2. The van der Waals surface area contributed by atoms with E-state index in [0.29, 0.717) is 29.6 Å². The summed E-state index contributed by atoms with van der Waals surface area (Å²) >= 11 is 7.97. The first-order chi connectivity index (χ1) is 19.1. The molecule has 2 aromatic carbocycles. The van der Waals surface area contributed by atoms with Gasteiger partial charge in [-0.2, -0.15) is 43.2 Å². The van der Waals surface area contributed by atoms with Crippen molar-refractivity contribution in [3.8, 4) is 0 Å². The van der Waals surface area contributed by atoms with Crippen LogP contribution in [0.15, 0.2) is 47.6 Å². The monoisotopic (exact) mass is 641 g/mol. The SMILES string of the molecule is COC(=O)SN(C(=O)CN1CC(C)(CCCSC)C(c2ccc(C(F)(F)F)c(Cl)c2)=N1)c1ccc(C(F)(F)F)cc1. The summed E-state index contributed by atoms with van der Waals surface area (Å²) in [4.78, 5) is 25.4. The van der Waals surface area contributed by atoms with E-state index < -0.39 is 45.1 Å². The standard InChI is InChI=1S/C26H26ClF6N3O3S2/c1-24(11-4-12-40-3)15-35(34-22(24)16-5-10-19(20(27)13-16)26(31,32)33)14-21(37)36(41-23(38)39-2)18-8-6-17(7-9-18)25(28,29)30/h5-10,13H,4,11-12,14-15H2,1-3H3. The van der Waals surface area contributed by atoms with E-state index in [-0.39, 0.29) is 18.8 Å². The number of anilines is 1. The number of rotatable bonds is 8. The molecule has 0 saturated heterocycles. The van der Waals surface area contributed by atoms with Gasteiger partial charge in [-0.25, -0.2) is 9.10 Å². The Hall–Kier alpha value is -2.58. The zero-order valence-corrected chi connectivity index (χ0v) is 24.5. The van der Waals surface area contributed by atoms with E-state index >= 15 is 0 Å². The molecule has 224 valence electrons. The molecule has 0 radical (unpaired) electrons. The first-order valence-electron chi connectivity index (χ1n) is 12.1. The van der Waals surface area contributed by atoms with Crippen LogP contribution in [0.25, 0.3) is 0 Å². The lowest BCUT2D eigenvalue weighted by Gasteiger charge is -2.28. The fourth-order valence-corrected chi connectivity index (χ4v) is 5.67. The van der Waals surface area contributed by atoms with Gasteiger partial charge in [0.25, 0.3) is 5.91 Å². The molecule has 0 bridgehead atoms. The molecule has 1 aliphatic rings. The maximum absolute atomic E-state index is 13.4. The molecule has 1 unspecified atom stereocenters. The molecular weight excluding hydrogens is 616 g/mol. The van der Waals surface area contributed by atoms with Crippen molar-refractivity contribution in [2.75, 3.05) is 36.5 Å². The Morgan fingerprint density at radius 1 is 1.10 bits per heavy atom. The fourth-order valence-electron chi connectivity index (χ4n) is 4.33. The van der Waals surface area contributed by atoms with Crippen LogP contribution in [0.2, 0.25) is 5.02 Å². The average molecular weight is 642 g/mol. The molecule has 3 rings (SSSR count). The number of ether oxygens (including phenoxy) is 1. The van der Waals surface area contributed by atoms with Crippen LogP contribution in [0.4, 0.5) is 36.8 Å². The Morgan fingerprint density at radius 3 is 2.29 bits per heavy atom. The molecule has 1 atom stereocenters. The van der Waals surface area contributed by atoms with Gasteiger partial charge in [0.05, 0.1) is 46.6 Å². The number of benzene rings is 2. The number of halogens is 7. The first kappa shape index (κ1) is 32.9. The lowest BCUT2D eigenvalue weighted by atomic mass is 9.78. The Morgan fingerprint density at radius 2 is 1.76 bits per heavy atom. The quantitative estimate of drug-likeness (QED) is 0.126. The predicted molar refractivity (Wildman–Crippen MR) is 149 cm³/mol. The average Bonchev–Trinajstić information content (AvgIpc) is 3.21. The molecule has 1 heterocycles. The van der Waals surface area contributed by atoms with Gasteiger partial charge in [0.1, 0.15) is 6.54 Å². The first-order valence-corrected chi connectivity index (χ1v) is 14.6. The molecule has 0 spiro atoms. The zero-order chi connectivity index (χ0) is 30.6. The lowest BCUT2D eigenvalue weighted by molar-refractivity contribution is -0.138. The van der Waals surface area contributed by atoms with Crippen LogP contribution in [0.3, 0.4) is 0 Å². The maximum Gasteiger partial charge on any atom is 0.417 e. The summed E-state index contributed by atoms with van der Waals surface area (Å²) in [5.74, 6) is 0.148. The molecule has 1 amide bonds. The number of nitrogens with zero attached hydrogens (tertiary/aromatic N) is 3. The van der Waals surface area contributed by atoms with Gasteiger partial charge in [0, 0.05) is 12.0 Å². The normalized spacial score (nSPS) is 17.4. The van der Waals surface area contributed by atoms with Crippen LogP contribution in [-0.4, -0.2) is 54.1 Å². The van der Waals surface area contributed by atoms with Gasteiger partial charge in [-0.1, -0.05) is 24.6 Å². The Bertz CT molecular complexity index is 1290. The number of carbonyl (C=O) groups is 2. The minimum Gasteiger partial charge on any atom is -0.460 e. The van der Waals surface area contributed by atoms with Gasteiger partial charge in [0.15, 0.2) is 0 Å². The maximum atomic E-state index is 13.4. The molecule has 0 fully saturated rings. The minimum atomic E-state index is -4.63. The molecule has 0 aromatic heterocycles. The largest absolute Gasteiger partial charge is 0.460 e. The van der Waals surface area contributed by atoms with Crippen LogP contribution in [-0.2, 0) is 21.9 Å². The highest BCUT2D eigenvalue weighted by Gasteiger charge is 2.41. The third kappa shape index (κ3) is 8.25. The van der Waals surface area contributed by atoms with Crippen LogP contribution in [0.5, 0.6) is 0 Å². The van der Waals surface area contributed by atoms with E-state index in [0.717, 1.165) is 53.9 Å². The number of amides is 1. The van der Waals surface area contributed by atoms with E-state index in [2.05, 4.69) is 9.84 Å². The van der Waals surface area contributed by atoms with E-state index in [1.54, 1.807) is 11.8 Å². The number of alkyl halides is 6. The van der Waals surface area contributed by atoms with E-state index in [4.69, 9.17) is 11.6 Å². The van der Waals surface area contributed by atoms with E-state index in [1.807, 2.05) is 13.2 Å². The number of carbonyl (C=O) groups excluding carboxylic acids is 2. The van der Waals surface area contributed by atoms with Gasteiger partial charge in [0.2, 0.25) is 0 Å². The van der Waals surface area contributed by atoms with Crippen molar-refractivity contribution < 1.29 is 40.7 Å². The number of hydrogen-bond acceptors (Lipinski definition) is 7. The molecule has 0 aliphatic carbocycles. The van der Waals surface area contributed by atoms with Crippen molar-refractivity contribution in [3.05, 3.63) is 64.2 Å². The zero-order valence-electron chi connectivity index (χ0n) is 22.1. The third-order valence-electron chi connectivity index (χ3n) is 6.28. The van der Waals surface area contributed by atoms with Crippen molar-refractivity contribution in [1.29, 1.82) is 0 Å². The molecule has 41 heavy (non-hydrogen) atoms. The lowest BCUT2D eigenvalue weighted by Crippen LogP contribution is -2.38. The van der Waals surface area contributed by atoms with Crippen LogP contribution < -0.4 is 4.31 Å². The van der Waals surface area contributed by atoms with Gasteiger partial charge >= 0.3 is 17.7 Å². The molecule has 0 N–H and O–H groups in total. The minimum absolute atomic E-state index is 0.0130. The highest BCUT2D eigenvalue weighted by Crippen LogP contribution is 2.40. The number of hydrazone groups is 1. The highest BCUT2D eigenvalue weighted by atomic mass is 35.5. The summed E-state index contributed by atoms with van der Waals surface area (Å²) in [7, 11) is 1.09. The van der Waals surface area contributed by atoms with Crippen LogP contribution in [0, 0.1) is 5.41 Å². The number of hydrogen-bond donors (Lipinski definition) is 0. The highest BCUT2D eigenvalue weighted by molar-refractivity contribution is 8.15. The molecule has 15 heteroatoms. The van der Waals surface area contributed by atoms with Crippen molar-refractivity contribution in [2.45, 2.75) is 32.1 Å². The molecule has 1 aliphatic heterocycles. The van der Waals surface area contributed by atoms with Crippen molar-refractivity contribution in [3.63, 3.8) is 0 Å². The second-order valence-corrected chi connectivity index (χ2v) is 11.7. The Kier molecular flexibility index (Phi) is 10.6. The van der Waals surface area contributed by atoms with E-state index in [9.17, 15) is 35.9 Å². The van der Waals surface area contributed by atoms with Crippen LogP contribution >= 0.6 is 35.3 Å². The summed E-state index contributed by atoms with van der Waals surface area (Å²) in [5.41, 5.74) is -1.74. The summed E-state index contributed by atoms with van der Waals surface area (Å²) < 4.78 is 84.5. The second-order valence-electron chi connectivity index (χ2n) is 9.40. The van der Waals surface area contributed by atoms with Crippen molar-refractivity contribution >= 4 is 57.9 Å². The predicted octanol–water partition coefficient (Wildman–Crippen LogP) is 7.99. The smallest absolute Gasteiger partial charge is 0.417 e. The van der Waals surface area contributed by atoms with Gasteiger partial charge in [-0.15, -0.1) is 0 Å². The Labute approximate surface area is 246 Å². The van der Waals surface area contributed by atoms with Crippen molar-refractivity contribution in [1.82, 2.24) is 5.01 Å². The Balaban J connectivity index is 1.93. The van der Waals surface area contributed by atoms with Gasteiger partial charge < -0.3 is 4.74 Å². The topological polar surface area (TPSA) is 62.2 Å². The molecule has 0 saturated carbocycles. The molecule has 6 nitrogen and oxygen atoms in total. The molecular formula is C26H26ClF6N3O3S2. The summed E-state index contributed by atoms with van der Waals surface area (Å²) in [6.07, 6.45) is -5.91. The van der Waals surface area contributed by atoms with Gasteiger partial charge in [-0.3, -0.25) is 9.80 Å².